The summed E-state index contributed by atoms with van der Waals surface area (Å²) in [6.07, 6.45) is 3.77. The number of nitrogens with one attached hydrogen (secondary N) is 2. The zero-order valence-electron chi connectivity index (χ0n) is 14.2. The number of rotatable bonds is 5. The number of nitrogens with zero attached hydrogens (tertiary/aromatic N) is 2. The maximum Gasteiger partial charge on any atom is 0.268 e. The summed E-state index contributed by atoms with van der Waals surface area (Å²) in [4.78, 5) is 33.6. The van der Waals surface area contributed by atoms with E-state index in [0.29, 0.717) is 12.1 Å². The molecule has 3 aromatic rings. The van der Waals surface area contributed by atoms with Gasteiger partial charge < -0.3 is 15.2 Å². The summed E-state index contributed by atoms with van der Waals surface area (Å²) in [5.74, 6) is -0.456. The highest BCUT2D eigenvalue weighted by atomic mass is 16.2. The first-order valence-corrected chi connectivity index (χ1v) is 8.03. The predicted octanol–water partition coefficient (Wildman–Crippen LogP) is 1.99. The smallest absolute Gasteiger partial charge is 0.268 e. The second-order valence-corrected chi connectivity index (χ2v) is 6.09. The molecule has 0 radical (unpaired) electrons. The zero-order chi connectivity index (χ0) is 17.8. The number of benzene rings is 1. The summed E-state index contributed by atoms with van der Waals surface area (Å²) in [6.45, 7) is 0. The number of hydrogen-bond acceptors (Lipinski definition) is 3. The van der Waals surface area contributed by atoms with E-state index in [2.05, 4.69) is 15.3 Å². The van der Waals surface area contributed by atoms with Gasteiger partial charge in [-0.3, -0.25) is 14.6 Å². The van der Waals surface area contributed by atoms with Gasteiger partial charge in [-0.25, -0.2) is 0 Å². The van der Waals surface area contributed by atoms with Crippen molar-refractivity contribution in [3.63, 3.8) is 0 Å². The summed E-state index contributed by atoms with van der Waals surface area (Å²) in [5, 5.41) is 3.74. The Kier molecular flexibility index (Phi) is 4.79. The molecular formula is C19H20N4O2. The fourth-order valence-corrected chi connectivity index (χ4v) is 2.69. The molecule has 0 aliphatic rings. The normalized spacial score (nSPS) is 11.9. The molecule has 6 heteroatoms. The van der Waals surface area contributed by atoms with Gasteiger partial charge in [-0.2, -0.15) is 0 Å². The molecule has 128 valence electrons. The van der Waals surface area contributed by atoms with Crippen molar-refractivity contribution in [3.05, 3.63) is 66.1 Å². The minimum Gasteiger partial charge on any atom is -0.349 e. The molecule has 1 aromatic carbocycles. The second-order valence-electron chi connectivity index (χ2n) is 6.09. The van der Waals surface area contributed by atoms with Crippen molar-refractivity contribution < 1.29 is 9.59 Å². The van der Waals surface area contributed by atoms with Crippen LogP contribution < -0.4 is 5.32 Å². The Hall–Kier alpha value is -3.15. The molecular weight excluding hydrogens is 316 g/mol. The average Bonchev–Trinajstić information content (AvgIpc) is 3.05. The van der Waals surface area contributed by atoms with Gasteiger partial charge >= 0.3 is 0 Å². The molecule has 0 saturated heterocycles. The molecule has 0 bridgehead atoms. The van der Waals surface area contributed by atoms with Crippen LogP contribution in [0.5, 0.6) is 0 Å². The van der Waals surface area contributed by atoms with Crippen LogP contribution in [0.3, 0.4) is 0 Å². The predicted molar refractivity (Wildman–Crippen MR) is 96.2 cm³/mol. The maximum absolute atomic E-state index is 12.6. The van der Waals surface area contributed by atoms with E-state index in [1.54, 1.807) is 32.6 Å². The van der Waals surface area contributed by atoms with Gasteiger partial charge in [0.1, 0.15) is 11.7 Å². The summed E-state index contributed by atoms with van der Waals surface area (Å²) in [5.41, 5.74) is 2.18. The first kappa shape index (κ1) is 16.7. The number of likely N-dealkylation sites (N-methyl/N-ethyl adjacent to an activating group) is 1. The standard InChI is InChI=1S/C19H20N4O2/c1-23(2)19(25)16(10-13-6-4-3-5-7-13)22-18(24)15-11-14-8-9-20-12-17(14)21-15/h3-9,11-12,16,21H,10H2,1-2H3,(H,22,24)/t16-/m0/s1. The summed E-state index contributed by atoms with van der Waals surface area (Å²) >= 11 is 0. The number of aromatic nitrogens is 2. The Morgan fingerprint density at radius 1 is 1.20 bits per heavy atom. The lowest BCUT2D eigenvalue weighted by Gasteiger charge is -2.21. The lowest BCUT2D eigenvalue weighted by atomic mass is 10.0. The van der Waals surface area contributed by atoms with E-state index >= 15 is 0 Å². The van der Waals surface area contributed by atoms with Gasteiger partial charge in [0.15, 0.2) is 0 Å². The minimum absolute atomic E-state index is 0.144. The van der Waals surface area contributed by atoms with Crippen LogP contribution >= 0.6 is 0 Å². The van der Waals surface area contributed by atoms with Gasteiger partial charge in [-0.1, -0.05) is 30.3 Å². The number of aromatic amines is 1. The number of pyridine rings is 1. The first-order chi connectivity index (χ1) is 12.0. The third kappa shape index (κ3) is 3.85. The third-order valence-corrected chi connectivity index (χ3v) is 4.00. The Labute approximate surface area is 145 Å². The molecule has 2 amide bonds. The van der Waals surface area contributed by atoms with Gasteiger partial charge in [0.25, 0.3) is 5.91 Å². The fourth-order valence-electron chi connectivity index (χ4n) is 2.69. The number of H-pyrrole nitrogens is 1. The Morgan fingerprint density at radius 3 is 2.64 bits per heavy atom. The zero-order valence-corrected chi connectivity index (χ0v) is 14.2. The van der Waals surface area contributed by atoms with E-state index in [0.717, 1.165) is 16.5 Å². The monoisotopic (exact) mass is 336 g/mol. The van der Waals surface area contributed by atoms with Crippen LogP contribution in [0.25, 0.3) is 10.9 Å². The van der Waals surface area contributed by atoms with Crippen LogP contribution in [0.1, 0.15) is 16.1 Å². The highest BCUT2D eigenvalue weighted by molar-refractivity contribution is 6.00. The van der Waals surface area contributed by atoms with Gasteiger partial charge in [-0.05, 0) is 17.7 Å². The van der Waals surface area contributed by atoms with Crippen LogP contribution in [0.15, 0.2) is 54.9 Å². The van der Waals surface area contributed by atoms with Crippen LogP contribution in [0.4, 0.5) is 0 Å². The van der Waals surface area contributed by atoms with E-state index in [1.807, 2.05) is 36.4 Å². The van der Waals surface area contributed by atoms with Crippen molar-refractivity contribution in [2.45, 2.75) is 12.5 Å². The van der Waals surface area contributed by atoms with E-state index in [1.165, 1.54) is 4.90 Å². The van der Waals surface area contributed by atoms with Gasteiger partial charge in [0.2, 0.25) is 5.91 Å². The maximum atomic E-state index is 12.6. The largest absolute Gasteiger partial charge is 0.349 e. The highest BCUT2D eigenvalue weighted by Crippen LogP contribution is 2.14. The summed E-state index contributed by atoms with van der Waals surface area (Å²) in [6, 6.07) is 12.6. The molecule has 2 N–H and O–H groups in total. The number of carbonyl (C=O) groups excluding carboxylic acids is 2. The van der Waals surface area contributed by atoms with Crippen LogP contribution in [0, 0.1) is 0 Å². The number of amides is 2. The molecule has 25 heavy (non-hydrogen) atoms. The van der Waals surface area contributed by atoms with Crippen LogP contribution in [-0.2, 0) is 11.2 Å². The molecule has 0 fully saturated rings. The first-order valence-electron chi connectivity index (χ1n) is 8.03. The highest BCUT2D eigenvalue weighted by Gasteiger charge is 2.24. The van der Waals surface area contributed by atoms with Gasteiger partial charge in [0.05, 0.1) is 11.7 Å². The third-order valence-electron chi connectivity index (χ3n) is 4.00. The van der Waals surface area contributed by atoms with Crippen molar-refractivity contribution in [1.29, 1.82) is 0 Å². The van der Waals surface area contributed by atoms with E-state index in [4.69, 9.17) is 0 Å². The summed E-state index contributed by atoms with van der Waals surface area (Å²) in [7, 11) is 3.36. The molecule has 6 nitrogen and oxygen atoms in total. The van der Waals surface area contributed by atoms with Gasteiger partial charge in [0, 0.05) is 32.1 Å². The van der Waals surface area contributed by atoms with Crippen LogP contribution in [0.2, 0.25) is 0 Å². The van der Waals surface area contributed by atoms with Crippen molar-refractivity contribution in [2.75, 3.05) is 14.1 Å². The fraction of sp³-hybridized carbons (Fsp3) is 0.211. The quantitative estimate of drug-likeness (QED) is 0.748. The van der Waals surface area contributed by atoms with E-state index < -0.39 is 6.04 Å². The molecule has 0 aliphatic heterocycles. The van der Waals surface area contributed by atoms with E-state index in [9.17, 15) is 9.59 Å². The molecule has 0 unspecified atom stereocenters. The Morgan fingerprint density at radius 2 is 1.96 bits per heavy atom. The van der Waals surface area contributed by atoms with Crippen molar-refractivity contribution in [1.82, 2.24) is 20.2 Å². The molecule has 2 aromatic heterocycles. The molecule has 0 saturated carbocycles. The molecule has 1 atom stereocenters. The summed E-state index contributed by atoms with van der Waals surface area (Å²) < 4.78 is 0. The minimum atomic E-state index is -0.630. The lowest BCUT2D eigenvalue weighted by Crippen LogP contribution is -2.47. The van der Waals surface area contributed by atoms with Gasteiger partial charge in [-0.15, -0.1) is 0 Å². The average molecular weight is 336 g/mol. The molecule has 2 heterocycles. The van der Waals surface area contributed by atoms with Crippen molar-refractivity contribution in [2.24, 2.45) is 0 Å². The molecule has 3 rings (SSSR count). The second kappa shape index (κ2) is 7.17. The Balaban J connectivity index is 1.81. The van der Waals surface area contributed by atoms with Crippen molar-refractivity contribution >= 4 is 22.7 Å². The molecule has 0 spiro atoms. The number of carbonyl (C=O) groups is 2. The lowest BCUT2D eigenvalue weighted by molar-refractivity contribution is -0.130. The van der Waals surface area contributed by atoms with E-state index in [-0.39, 0.29) is 11.8 Å². The van der Waals surface area contributed by atoms with Crippen LogP contribution in [-0.4, -0.2) is 46.8 Å². The number of fused-ring (bicyclic) bond motifs is 1. The molecule has 0 aliphatic carbocycles. The number of hydrogen-bond donors (Lipinski definition) is 2. The topological polar surface area (TPSA) is 78.1 Å². The Bertz CT molecular complexity index is 854. The SMILES string of the molecule is CN(C)C(=O)[C@H](Cc1ccccc1)NC(=O)c1cc2ccncc2[nH]1. The van der Waals surface area contributed by atoms with Crippen molar-refractivity contribution in [3.8, 4) is 0 Å².